The maximum atomic E-state index is 12.5. The van der Waals surface area contributed by atoms with Crippen LogP contribution in [0.25, 0.3) is 0 Å². The van der Waals surface area contributed by atoms with Crippen molar-refractivity contribution in [3.05, 3.63) is 29.8 Å². The summed E-state index contributed by atoms with van der Waals surface area (Å²) in [6.45, 7) is 3.73. The molecule has 0 spiro atoms. The maximum absolute atomic E-state index is 12.5. The molecule has 152 valence electrons. The summed E-state index contributed by atoms with van der Waals surface area (Å²) in [5.74, 6) is 2.34. The van der Waals surface area contributed by atoms with Crippen molar-refractivity contribution in [2.24, 2.45) is 16.8 Å². The van der Waals surface area contributed by atoms with E-state index < -0.39 is 10.0 Å². The van der Waals surface area contributed by atoms with Crippen molar-refractivity contribution in [1.29, 1.82) is 0 Å². The summed E-state index contributed by atoms with van der Waals surface area (Å²) in [4.78, 5) is 6.87. The average Bonchev–Trinajstić information content (AvgIpc) is 2.64. The molecule has 1 N–H and O–H groups in total. The quantitative estimate of drug-likeness (QED) is 0.595. The molecule has 2 rings (SSSR count). The second-order valence-electron chi connectivity index (χ2n) is 7.80. The van der Waals surface area contributed by atoms with Crippen molar-refractivity contribution >= 4 is 16.0 Å². The van der Waals surface area contributed by atoms with Crippen molar-refractivity contribution in [2.75, 3.05) is 34.7 Å². The fraction of sp³-hybridized carbons (Fsp3) is 0.650. The average molecular weight is 395 g/mol. The summed E-state index contributed by atoms with van der Waals surface area (Å²) in [7, 11) is 3.45. The molecule has 1 fully saturated rings. The predicted molar refractivity (Wildman–Crippen MR) is 111 cm³/mol. The molecule has 0 amide bonds. The first-order chi connectivity index (χ1) is 12.8. The molecule has 0 aliphatic heterocycles. The van der Waals surface area contributed by atoms with Crippen LogP contribution in [0, 0.1) is 11.8 Å². The highest BCUT2D eigenvalue weighted by Crippen LogP contribution is 2.28. The van der Waals surface area contributed by atoms with Crippen LogP contribution >= 0.6 is 0 Å². The third-order valence-corrected chi connectivity index (χ3v) is 7.32. The number of rotatable bonds is 6. The summed E-state index contributed by atoms with van der Waals surface area (Å²) in [5, 5.41) is 3.33. The molecule has 1 aliphatic carbocycles. The molecule has 1 saturated carbocycles. The number of hydrogen-bond acceptors (Lipinski definition) is 3. The normalized spacial score (nSPS) is 21.3. The molecule has 0 bridgehead atoms. The van der Waals surface area contributed by atoms with Gasteiger partial charge in [0.05, 0.1) is 4.90 Å². The van der Waals surface area contributed by atoms with Crippen LogP contribution in [0.2, 0.25) is 0 Å². The second-order valence-corrected chi connectivity index (χ2v) is 9.92. The monoisotopic (exact) mass is 394 g/mol. The number of benzene rings is 1. The minimum absolute atomic E-state index is 0.335. The number of hydrogen-bond donors (Lipinski definition) is 1. The minimum Gasteiger partial charge on any atom is -0.352 e. The fourth-order valence-electron chi connectivity index (χ4n) is 3.64. The lowest BCUT2D eigenvalue weighted by Gasteiger charge is -2.31. The van der Waals surface area contributed by atoms with Crippen molar-refractivity contribution in [1.82, 2.24) is 14.5 Å². The first kappa shape index (κ1) is 21.7. The van der Waals surface area contributed by atoms with Gasteiger partial charge in [0.1, 0.15) is 0 Å². The van der Waals surface area contributed by atoms with E-state index in [9.17, 15) is 8.42 Å². The summed E-state index contributed by atoms with van der Waals surface area (Å²) in [5.41, 5.74) is 0.743. The Bertz CT molecular complexity index is 738. The van der Waals surface area contributed by atoms with Crippen LogP contribution in [-0.4, -0.2) is 58.3 Å². The second kappa shape index (κ2) is 9.55. The van der Waals surface area contributed by atoms with Crippen molar-refractivity contribution in [2.45, 2.75) is 44.0 Å². The number of guanidine groups is 1. The Morgan fingerprint density at radius 1 is 1.15 bits per heavy atom. The van der Waals surface area contributed by atoms with Crippen LogP contribution in [-0.2, 0) is 16.6 Å². The van der Waals surface area contributed by atoms with Crippen LogP contribution in [0.3, 0.4) is 0 Å². The van der Waals surface area contributed by atoms with Gasteiger partial charge in [0, 0.05) is 41.3 Å². The largest absolute Gasteiger partial charge is 0.352 e. The van der Waals surface area contributed by atoms with E-state index in [4.69, 9.17) is 0 Å². The Labute approximate surface area is 164 Å². The smallest absolute Gasteiger partial charge is 0.242 e. The van der Waals surface area contributed by atoms with Gasteiger partial charge in [-0.05, 0) is 36.3 Å². The summed E-state index contributed by atoms with van der Waals surface area (Å²) in [6.07, 6.45) is 5.15. The Morgan fingerprint density at radius 2 is 1.78 bits per heavy atom. The lowest BCUT2D eigenvalue weighted by Crippen LogP contribution is -2.41. The molecule has 7 heteroatoms. The molecule has 0 atom stereocenters. The Morgan fingerprint density at radius 3 is 2.37 bits per heavy atom. The van der Waals surface area contributed by atoms with Gasteiger partial charge in [0.25, 0.3) is 0 Å². The predicted octanol–water partition coefficient (Wildman–Crippen LogP) is 2.77. The van der Waals surface area contributed by atoms with Gasteiger partial charge >= 0.3 is 0 Å². The first-order valence-electron chi connectivity index (χ1n) is 9.68. The highest BCUT2D eigenvalue weighted by atomic mass is 32.2. The topological polar surface area (TPSA) is 65.0 Å². The lowest BCUT2D eigenvalue weighted by molar-refractivity contribution is 0.250. The minimum atomic E-state index is -3.47. The van der Waals surface area contributed by atoms with Crippen LogP contribution < -0.4 is 5.32 Å². The third-order valence-electron chi connectivity index (χ3n) is 5.41. The molecule has 0 saturated heterocycles. The number of aliphatic imine (C=N–C) groups is 1. The standard InChI is InChI=1S/C20H34N4O2S/c1-16-10-12-17(13-11-16)15-24(5)20(21-2)22-14-18-8-6-7-9-19(18)27(25,26)23(3)4/h6-9,16-17H,10-15H2,1-5H3,(H,21,22). The summed E-state index contributed by atoms with van der Waals surface area (Å²) >= 11 is 0. The van der Waals surface area contributed by atoms with E-state index in [2.05, 4.69) is 29.2 Å². The molecule has 6 nitrogen and oxygen atoms in total. The van der Waals surface area contributed by atoms with E-state index in [-0.39, 0.29) is 0 Å². The van der Waals surface area contributed by atoms with Crippen LogP contribution in [0.5, 0.6) is 0 Å². The van der Waals surface area contributed by atoms with E-state index in [0.717, 1.165) is 24.0 Å². The number of sulfonamides is 1. The SMILES string of the molecule is CN=C(NCc1ccccc1S(=O)(=O)N(C)C)N(C)CC1CCC(C)CC1. The van der Waals surface area contributed by atoms with Crippen molar-refractivity contribution in [3.63, 3.8) is 0 Å². The lowest BCUT2D eigenvalue weighted by atomic mass is 9.83. The molecule has 0 unspecified atom stereocenters. The van der Waals surface area contributed by atoms with Gasteiger partial charge in [-0.2, -0.15) is 0 Å². The van der Waals surface area contributed by atoms with Crippen molar-refractivity contribution in [3.8, 4) is 0 Å². The molecular weight excluding hydrogens is 360 g/mol. The highest BCUT2D eigenvalue weighted by Gasteiger charge is 2.22. The molecule has 27 heavy (non-hydrogen) atoms. The zero-order chi connectivity index (χ0) is 20.0. The molecule has 0 aromatic heterocycles. The van der Waals surface area contributed by atoms with Crippen molar-refractivity contribution < 1.29 is 8.42 Å². The fourth-order valence-corrected chi connectivity index (χ4v) is 4.76. The Balaban J connectivity index is 2.02. The van der Waals surface area contributed by atoms with E-state index in [1.165, 1.54) is 30.0 Å². The zero-order valence-electron chi connectivity index (χ0n) is 17.3. The number of nitrogens with zero attached hydrogens (tertiary/aromatic N) is 3. The molecule has 1 aromatic rings. The molecule has 0 radical (unpaired) electrons. The van der Waals surface area contributed by atoms with Gasteiger partial charge in [-0.3, -0.25) is 4.99 Å². The van der Waals surface area contributed by atoms with Gasteiger partial charge in [0.2, 0.25) is 10.0 Å². The third kappa shape index (κ3) is 5.69. The van der Waals surface area contributed by atoms with Crippen LogP contribution in [0.15, 0.2) is 34.2 Å². The maximum Gasteiger partial charge on any atom is 0.242 e. The van der Waals surface area contributed by atoms with E-state index in [1.807, 2.05) is 12.1 Å². The van der Waals surface area contributed by atoms with Crippen LogP contribution in [0.4, 0.5) is 0 Å². The summed E-state index contributed by atoms with van der Waals surface area (Å²) in [6, 6.07) is 7.12. The Hall–Kier alpha value is -1.60. The first-order valence-corrected chi connectivity index (χ1v) is 11.1. The number of nitrogens with one attached hydrogen (secondary N) is 1. The molecular formula is C20H34N4O2S. The molecule has 1 aliphatic rings. The van der Waals surface area contributed by atoms with E-state index >= 15 is 0 Å². The molecule has 1 aromatic carbocycles. The zero-order valence-corrected chi connectivity index (χ0v) is 18.1. The van der Waals surface area contributed by atoms with Gasteiger partial charge in [0.15, 0.2) is 5.96 Å². The molecule has 0 heterocycles. The summed E-state index contributed by atoms with van der Waals surface area (Å²) < 4.78 is 26.3. The van der Waals surface area contributed by atoms with Gasteiger partial charge in [-0.25, -0.2) is 12.7 Å². The van der Waals surface area contributed by atoms with Gasteiger partial charge in [-0.15, -0.1) is 0 Å². The van der Waals surface area contributed by atoms with Gasteiger partial charge < -0.3 is 10.2 Å². The van der Waals surface area contributed by atoms with E-state index in [0.29, 0.717) is 17.4 Å². The van der Waals surface area contributed by atoms with E-state index in [1.54, 1.807) is 33.3 Å². The Kier molecular flexibility index (Phi) is 7.68. The van der Waals surface area contributed by atoms with Crippen LogP contribution in [0.1, 0.15) is 38.2 Å². The highest BCUT2D eigenvalue weighted by molar-refractivity contribution is 7.89. The van der Waals surface area contributed by atoms with Gasteiger partial charge in [-0.1, -0.05) is 38.0 Å².